The van der Waals surface area contributed by atoms with Crippen molar-refractivity contribution in [1.82, 2.24) is 20.1 Å². The Morgan fingerprint density at radius 3 is 2.96 bits per heavy atom. The first-order valence-corrected chi connectivity index (χ1v) is 9.50. The summed E-state index contributed by atoms with van der Waals surface area (Å²) in [5, 5.41) is 13.3. The van der Waals surface area contributed by atoms with Crippen molar-refractivity contribution in [3.8, 4) is 10.8 Å². The van der Waals surface area contributed by atoms with E-state index in [2.05, 4.69) is 15.2 Å². The fourth-order valence-electron chi connectivity index (χ4n) is 1.69. The maximum absolute atomic E-state index is 11.7. The minimum Gasteiger partial charge on any atom is -0.410 e. The van der Waals surface area contributed by atoms with Crippen LogP contribution in [0, 0.1) is 0 Å². The summed E-state index contributed by atoms with van der Waals surface area (Å²) in [5.74, 6) is 1.23. The van der Waals surface area contributed by atoms with Crippen LogP contribution in [-0.2, 0) is 17.0 Å². The number of hydrogen-bond acceptors (Lipinski definition) is 8. The van der Waals surface area contributed by atoms with Crippen molar-refractivity contribution in [2.24, 2.45) is 0 Å². The number of rotatable bonds is 6. The van der Waals surface area contributed by atoms with E-state index in [1.54, 1.807) is 30.3 Å². The van der Waals surface area contributed by atoms with Crippen molar-refractivity contribution < 1.29 is 9.21 Å². The monoisotopic (exact) mass is 366 g/mol. The van der Waals surface area contributed by atoms with Crippen LogP contribution in [0.25, 0.3) is 10.8 Å². The molecule has 0 spiro atoms. The third kappa shape index (κ3) is 4.18. The summed E-state index contributed by atoms with van der Waals surface area (Å²) < 4.78 is 5.62. The Morgan fingerprint density at radius 2 is 2.22 bits per heavy atom. The van der Waals surface area contributed by atoms with Gasteiger partial charge in [-0.3, -0.25) is 4.79 Å². The predicted octanol–water partition coefficient (Wildman–Crippen LogP) is 3.18. The largest absolute Gasteiger partial charge is 0.410 e. The van der Waals surface area contributed by atoms with E-state index >= 15 is 0 Å². The topological polar surface area (TPSA) is 72.1 Å². The van der Waals surface area contributed by atoms with Crippen molar-refractivity contribution in [1.29, 1.82) is 0 Å². The lowest BCUT2D eigenvalue weighted by molar-refractivity contribution is -0.127. The highest BCUT2D eigenvalue weighted by atomic mass is 32.2. The molecule has 0 N–H and O–H groups in total. The molecule has 1 amide bonds. The number of thioether (sulfide) groups is 1. The van der Waals surface area contributed by atoms with Crippen LogP contribution < -0.4 is 0 Å². The third-order valence-electron chi connectivity index (χ3n) is 2.88. The van der Waals surface area contributed by atoms with Crippen molar-refractivity contribution in [3.63, 3.8) is 0 Å². The molecular weight excluding hydrogens is 352 g/mol. The Hall–Kier alpha value is -1.71. The van der Waals surface area contributed by atoms with Crippen LogP contribution in [0.5, 0.6) is 0 Å². The fraction of sp³-hybridized carbons (Fsp3) is 0.286. The average Bonchev–Trinajstić information content (AvgIpc) is 3.26. The summed E-state index contributed by atoms with van der Waals surface area (Å²) in [6.07, 6.45) is 0.339. The van der Waals surface area contributed by atoms with Crippen LogP contribution in [0.2, 0.25) is 0 Å². The van der Waals surface area contributed by atoms with Gasteiger partial charge in [-0.1, -0.05) is 17.8 Å². The van der Waals surface area contributed by atoms with Gasteiger partial charge < -0.3 is 9.32 Å². The summed E-state index contributed by atoms with van der Waals surface area (Å²) in [7, 11) is 3.49. The molecule has 6 nitrogen and oxygen atoms in total. The van der Waals surface area contributed by atoms with E-state index in [9.17, 15) is 4.79 Å². The molecule has 3 aromatic heterocycles. The van der Waals surface area contributed by atoms with E-state index < -0.39 is 0 Å². The van der Waals surface area contributed by atoms with Crippen LogP contribution in [0.1, 0.15) is 10.7 Å². The molecule has 0 saturated carbocycles. The number of thiophene rings is 1. The van der Waals surface area contributed by atoms with Crippen molar-refractivity contribution in [2.45, 2.75) is 17.4 Å². The zero-order valence-corrected chi connectivity index (χ0v) is 15.0. The molecule has 0 saturated heterocycles. The second kappa shape index (κ2) is 7.24. The van der Waals surface area contributed by atoms with Gasteiger partial charge in [0.25, 0.3) is 11.1 Å². The summed E-state index contributed by atoms with van der Waals surface area (Å²) in [4.78, 5) is 18.7. The highest BCUT2D eigenvalue weighted by molar-refractivity contribution is 7.98. The highest BCUT2D eigenvalue weighted by Crippen LogP contribution is 2.28. The number of amides is 1. The number of thiazole rings is 1. The average molecular weight is 366 g/mol. The highest BCUT2D eigenvalue weighted by Gasteiger charge is 2.12. The first kappa shape index (κ1) is 16.2. The molecule has 0 aromatic carbocycles. The fourth-order valence-corrected chi connectivity index (χ4v) is 3.88. The van der Waals surface area contributed by atoms with Crippen LogP contribution in [0.4, 0.5) is 0 Å². The van der Waals surface area contributed by atoms with Gasteiger partial charge in [-0.15, -0.1) is 32.9 Å². The lowest BCUT2D eigenvalue weighted by Crippen LogP contribution is -2.23. The Balaban J connectivity index is 1.57. The van der Waals surface area contributed by atoms with Gasteiger partial charge in [0.15, 0.2) is 0 Å². The summed E-state index contributed by atoms with van der Waals surface area (Å²) >= 11 is 4.50. The van der Waals surface area contributed by atoms with E-state index in [1.165, 1.54) is 23.1 Å². The molecule has 23 heavy (non-hydrogen) atoms. The van der Waals surface area contributed by atoms with Gasteiger partial charge in [0.1, 0.15) is 5.01 Å². The van der Waals surface area contributed by atoms with E-state index in [1.807, 2.05) is 22.9 Å². The zero-order chi connectivity index (χ0) is 16.2. The summed E-state index contributed by atoms with van der Waals surface area (Å²) in [6.45, 7) is 0. The maximum Gasteiger partial charge on any atom is 0.277 e. The predicted molar refractivity (Wildman–Crippen MR) is 91.7 cm³/mol. The number of likely N-dealkylation sites (N-methyl/N-ethyl adjacent to an activating group) is 1. The number of hydrogen-bond donors (Lipinski definition) is 0. The van der Waals surface area contributed by atoms with Gasteiger partial charge in [-0.2, -0.15) is 0 Å². The first-order chi connectivity index (χ1) is 11.1. The summed E-state index contributed by atoms with van der Waals surface area (Å²) in [6, 6.07) is 3.89. The first-order valence-electron chi connectivity index (χ1n) is 6.75. The van der Waals surface area contributed by atoms with Gasteiger partial charge >= 0.3 is 0 Å². The number of carbonyl (C=O) groups is 1. The van der Waals surface area contributed by atoms with Gasteiger partial charge in [-0.25, -0.2) is 4.98 Å². The molecule has 120 valence electrons. The molecule has 3 heterocycles. The molecule has 0 aliphatic heterocycles. The van der Waals surface area contributed by atoms with Crippen LogP contribution >= 0.6 is 34.4 Å². The molecule has 0 aliphatic rings. The smallest absolute Gasteiger partial charge is 0.277 e. The van der Waals surface area contributed by atoms with Gasteiger partial charge in [0.2, 0.25) is 5.91 Å². The Labute approximate surface area is 145 Å². The normalized spacial score (nSPS) is 10.9. The molecule has 0 bridgehead atoms. The molecule has 3 aromatic rings. The minimum absolute atomic E-state index is 0.0519. The maximum atomic E-state index is 11.7. The molecule has 3 rings (SSSR count). The Kier molecular flexibility index (Phi) is 5.09. The molecule has 0 aliphatic carbocycles. The second-order valence-electron chi connectivity index (χ2n) is 4.84. The Bertz CT molecular complexity index is 780. The van der Waals surface area contributed by atoms with Crippen molar-refractivity contribution in [2.75, 3.05) is 14.1 Å². The van der Waals surface area contributed by atoms with Crippen LogP contribution in [-0.4, -0.2) is 40.1 Å². The number of carbonyl (C=O) groups excluding carboxylic acids is 1. The van der Waals surface area contributed by atoms with Crippen molar-refractivity contribution in [3.05, 3.63) is 33.6 Å². The van der Waals surface area contributed by atoms with E-state index in [0.29, 0.717) is 23.3 Å². The van der Waals surface area contributed by atoms with Crippen LogP contribution in [0.15, 0.2) is 32.5 Å². The molecule has 0 fully saturated rings. The van der Waals surface area contributed by atoms with Gasteiger partial charge in [0, 0.05) is 25.2 Å². The van der Waals surface area contributed by atoms with Gasteiger partial charge in [-0.05, 0) is 11.4 Å². The number of aromatic nitrogens is 3. The molecular formula is C14H14N4O2S3. The van der Waals surface area contributed by atoms with Gasteiger partial charge in [0.05, 0.1) is 17.0 Å². The second-order valence-corrected chi connectivity index (χ2v) is 7.65. The molecule has 9 heteroatoms. The zero-order valence-electron chi connectivity index (χ0n) is 12.6. The molecule has 0 atom stereocenters. The van der Waals surface area contributed by atoms with Crippen LogP contribution in [0.3, 0.4) is 0 Å². The quantitative estimate of drug-likeness (QED) is 0.624. The lowest BCUT2D eigenvalue weighted by atomic mass is 10.4. The standard InChI is InChI=1S/C14H14N4O2S3/c1-18(2)12(19)6-11-15-9(7-22-11)8-23-14-17-16-13(20-14)10-4-3-5-21-10/h3-5,7H,6,8H2,1-2H3. The van der Waals surface area contributed by atoms with E-state index in [-0.39, 0.29) is 5.91 Å². The van der Waals surface area contributed by atoms with E-state index in [4.69, 9.17) is 4.42 Å². The number of nitrogens with zero attached hydrogens (tertiary/aromatic N) is 4. The lowest BCUT2D eigenvalue weighted by Gasteiger charge is -2.07. The minimum atomic E-state index is 0.0519. The molecule has 0 radical (unpaired) electrons. The Morgan fingerprint density at radius 1 is 1.35 bits per heavy atom. The SMILES string of the molecule is CN(C)C(=O)Cc1nc(CSc2nnc(-c3cccs3)o2)cs1. The summed E-state index contributed by atoms with van der Waals surface area (Å²) in [5.41, 5.74) is 0.914. The van der Waals surface area contributed by atoms with E-state index in [0.717, 1.165) is 15.6 Å². The van der Waals surface area contributed by atoms with Crippen molar-refractivity contribution >= 4 is 40.3 Å². The molecule has 0 unspecified atom stereocenters. The third-order valence-corrected chi connectivity index (χ3v) is 5.49.